The van der Waals surface area contributed by atoms with Crippen LogP contribution in [0.4, 0.5) is 5.69 Å². The maximum atomic E-state index is 13.5. The monoisotopic (exact) mass is 435 g/mol. The lowest BCUT2D eigenvalue weighted by Gasteiger charge is -2.37. The molecule has 0 bridgehead atoms. The van der Waals surface area contributed by atoms with E-state index in [1.165, 1.54) is 0 Å². The van der Waals surface area contributed by atoms with Crippen LogP contribution in [0.2, 0.25) is 10.0 Å². The molecule has 3 rings (SSSR count). The minimum absolute atomic E-state index is 0.0777. The van der Waals surface area contributed by atoms with Gasteiger partial charge in [-0.15, -0.1) is 0 Å². The fraction of sp³-hybridized carbons (Fsp3) is 0.435. The largest absolute Gasteiger partial charge is 0.493 e. The Hall–Kier alpha value is -1.75. The number of anilines is 1. The first kappa shape index (κ1) is 21.9. The zero-order valence-corrected chi connectivity index (χ0v) is 18.6. The lowest BCUT2D eigenvalue weighted by Crippen LogP contribution is -2.45. The molecule has 1 fully saturated rings. The third-order valence-electron chi connectivity index (χ3n) is 5.40. The first-order valence-corrected chi connectivity index (χ1v) is 10.7. The van der Waals surface area contributed by atoms with Crippen LogP contribution in [0.3, 0.4) is 0 Å². The molecule has 0 saturated carbocycles. The lowest BCUT2D eigenvalue weighted by atomic mass is 9.73. The first-order valence-electron chi connectivity index (χ1n) is 9.96. The fourth-order valence-corrected chi connectivity index (χ4v) is 4.51. The van der Waals surface area contributed by atoms with E-state index >= 15 is 0 Å². The first-order chi connectivity index (χ1) is 13.9. The Labute approximate surface area is 182 Å². The molecule has 1 heterocycles. The summed E-state index contributed by atoms with van der Waals surface area (Å²) in [4.78, 5) is 13.5. The zero-order chi connectivity index (χ0) is 21.0. The van der Waals surface area contributed by atoms with Gasteiger partial charge in [0, 0.05) is 28.9 Å². The molecule has 1 saturated heterocycles. The number of hydrogen-bond donors (Lipinski definition) is 1. The Morgan fingerprint density at radius 1 is 1.14 bits per heavy atom. The molecule has 2 aromatic carbocycles. The minimum atomic E-state index is -0.751. The predicted molar refractivity (Wildman–Crippen MR) is 119 cm³/mol. The highest BCUT2D eigenvalue weighted by Gasteiger charge is 2.43. The highest BCUT2D eigenvalue weighted by Crippen LogP contribution is 2.41. The van der Waals surface area contributed by atoms with Gasteiger partial charge in [0.25, 0.3) is 0 Å². The van der Waals surface area contributed by atoms with Gasteiger partial charge < -0.3 is 14.8 Å². The van der Waals surface area contributed by atoms with Crippen molar-refractivity contribution in [2.24, 2.45) is 0 Å². The third-order valence-corrected chi connectivity index (χ3v) is 5.94. The summed E-state index contributed by atoms with van der Waals surface area (Å²) in [7, 11) is 0. The maximum absolute atomic E-state index is 13.5. The van der Waals surface area contributed by atoms with Crippen LogP contribution in [0.25, 0.3) is 0 Å². The molecular weight excluding hydrogens is 409 g/mol. The van der Waals surface area contributed by atoms with Crippen LogP contribution < -0.4 is 10.1 Å². The van der Waals surface area contributed by atoms with Gasteiger partial charge in [-0.05, 0) is 74.1 Å². The number of carbonyl (C=O) groups is 1. The Morgan fingerprint density at radius 3 is 2.38 bits per heavy atom. The van der Waals surface area contributed by atoms with Crippen molar-refractivity contribution in [2.75, 3.05) is 25.1 Å². The van der Waals surface area contributed by atoms with Gasteiger partial charge in [0.1, 0.15) is 5.75 Å². The van der Waals surface area contributed by atoms with Crippen molar-refractivity contribution in [1.82, 2.24) is 0 Å². The van der Waals surface area contributed by atoms with Gasteiger partial charge in [-0.25, -0.2) is 0 Å². The van der Waals surface area contributed by atoms with Gasteiger partial charge >= 0.3 is 0 Å². The van der Waals surface area contributed by atoms with E-state index in [0.29, 0.717) is 42.7 Å². The van der Waals surface area contributed by atoms with Gasteiger partial charge in [0.15, 0.2) is 0 Å². The Kier molecular flexibility index (Phi) is 7.10. The number of nitrogens with one attached hydrogen (secondary N) is 1. The normalized spacial score (nSPS) is 15.8. The van der Waals surface area contributed by atoms with Gasteiger partial charge in [-0.1, -0.05) is 36.2 Å². The van der Waals surface area contributed by atoms with Crippen LogP contribution in [0.1, 0.15) is 42.9 Å². The molecule has 1 amide bonds. The molecule has 6 heteroatoms. The summed E-state index contributed by atoms with van der Waals surface area (Å²) < 4.78 is 11.4. The summed E-state index contributed by atoms with van der Waals surface area (Å²) in [6.07, 6.45) is 2.08. The summed E-state index contributed by atoms with van der Waals surface area (Å²) in [5, 5.41) is 4.17. The number of hydrogen-bond acceptors (Lipinski definition) is 3. The van der Waals surface area contributed by atoms with E-state index in [1.807, 2.05) is 32.0 Å². The number of benzene rings is 2. The Morgan fingerprint density at radius 2 is 1.79 bits per heavy atom. The van der Waals surface area contributed by atoms with E-state index in [4.69, 9.17) is 32.7 Å². The lowest BCUT2D eigenvalue weighted by molar-refractivity contribution is -0.125. The second kappa shape index (κ2) is 9.38. The average Bonchev–Trinajstić information content (AvgIpc) is 2.68. The summed E-state index contributed by atoms with van der Waals surface area (Å²) in [6.45, 7) is 7.75. The molecule has 1 N–H and O–H groups in total. The van der Waals surface area contributed by atoms with Crippen LogP contribution in [0, 0.1) is 13.8 Å². The van der Waals surface area contributed by atoms with Crippen molar-refractivity contribution < 1.29 is 14.3 Å². The molecule has 1 aliphatic heterocycles. The summed E-state index contributed by atoms with van der Waals surface area (Å²) in [5.74, 6) is 0.803. The molecule has 156 valence electrons. The number of amides is 1. The van der Waals surface area contributed by atoms with Gasteiger partial charge in [-0.2, -0.15) is 0 Å². The molecular formula is C23H27Cl2NO3. The molecule has 4 nitrogen and oxygen atoms in total. The summed E-state index contributed by atoms with van der Waals surface area (Å²) >= 11 is 12.6. The molecule has 0 aliphatic carbocycles. The molecule has 1 aliphatic rings. The van der Waals surface area contributed by atoms with E-state index < -0.39 is 5.41 Å². The molecule has 0 atom stereocenters. The van der Waals surface area contributed by atoms with Crippen molar-refractivity contribution >= 4 is 34.8 Å². The van der Waals surface area contributed by atoms with Gasteiger partial charge in [0.05, 0.1) is 12.0 Å². The second-order valence-corrected chi connectivity index (χ2v) is 8.40. The zero-order valence-electron chi connectivity index (χ0n) is 17.1. The van der Waals surface area contributed by atoms with Crippen LogP contribution in [0.15, 0.2) is 30.3 Å². The third kappa shape index (κ3) is 4.71. The highest BCUT2D eigenvalue weighted by atomic mass is 35.5. The predicted octanol–water partition coefficient (Wildman–Crippen LogP) is 6.09. The van der Waals surface area contributed by atoms with E-state index in [1.54, 1.807) is 12.1 Å². The van der Waals surface area contributed by atoms with Crippen molar-refractivity contribution in [3.05, 3.63) is 57.1 Å². The topological polar surface area (TPSA) is 47.6 Å². The molecule has 0 spiro atoms. The minimum Gasteiger partial charge on any atom is -0.493 e. The van der Waals surface area contributed by atoms with Gasteiger partial charge in [0.2, 0.25) is 5.91 Å². The fourth-order valence-electron chi connectivity index (χ4n) is 3.92. The number of ether oxygens (including phenoxy) is 2. The Balaban J connectivity index is 1.92. The number of rotatable bonds is 6. The van der Waals surface area contributed by atoms with Crippen LogP contribution in [-0.2, 0) is 14.9 Å². The highest BCUT2D eigenvalue weighted by molar-refractivity contribution is 6.35. The van der Waals surface area contributed by atoms with Crippen LogP contribution >= 0.6 is 23.2 Å². The van der Waals surface area contributed by atoms with Crippen molar-refractivity contribution in [2.45, 2.75) is 45.4 Å². The number of carbonyl (C=O) groups excluding carboxylic acids is 1. The molecule has 0 aromatic heterocycles. The van der Waals surface area contributed by atoms with Crippen molar-refractivity contribution in [3.63, 3.8) is 0 Å². The molecule has 29 heavy (non-hydrogen) atoms. The number of aryl methyl sites for hydroxylation is 2. The maximum Gasteiger partial charge on any atom is 0.235 e. The van der Waals surface area contributed by atoms with Crippen molar-refractivity contribution in [3.8, 4) is 5.75 Å². The molecule has 0 unspecified atom stereocenters. The summed E-state index contributed by atoms with van der Waals surface area (Å²) in [5.41, 5.74) is 2.79. The Bertz CT molecular complexity index is 869. The standard InChI is InChI=1S/C23H27Cl2NO3/c1-4-9-29-21-15(2)12-18(13-16(21)3)26-22(27)23(7-10-28-11-8-23)19-6-5-17(24)14-20(19)25/h5-6,12-14H,4,7-11H2,1-3H3,(H,26,27). The number of halogens is 2. The van der Waals surface area contributed by atoms with E-state index in [9.17, 15) is 4.79 Å². The van der Waals surface area contributed by atoms with E-state index in [0.717, 1.165) is 34.5 Å². The molecule has 0 radical (unpaired) electrons. The van der Waals surface area contributed by atoms with Crippen LogP contribution in [0.5, 0.6) is 5.75 Å². The van der Waals surface area contributed by atoms with E-state index in [2.05, 4.69) is 12.2 Å². The quantitative estimate of drug-likeness (QED) is 0.597. The summed E-state index contributed by atoms with van der Waals surface area (Å²) in [6, 6.07) is 9.23. The second-order valence-electron chi connectivity index (χ2n) is 7.56. The van der Waals surface area contributed by atoms with E-state index in [-0.39, 0.29) is 5.91 Å². The van der Waals surface area contributed by atoms with Crippen LogP contribution in [-0.4, -0.2) is 25.7 Å². The van der Waals surface area contributed by atoms with Crippen molar-refractivity contribution in [1.29, 1.82) is 0 Å². The van der Waals surface area contributed by atoms with Gasteiger partial charge in [-0.3, -0.25) is 4.79 Å². The molecule has 2 aromatic rings. The SMILES string of the molecule is CCCOc1c(C)cc(NC(=O)C2(c3ccc(Cl)cc3Cl)CCOCC2)cc1C. The smallest absolute Gasteiger partial charge is 0.235 e. The average molecular weight is 436 g/mol.